The molecule has 4 heterocycles. The third kappa shape index (κ3) is 4.31. The predicted octanol–water partition coefficient (Wildman–Crippen LogP) is 3.81. The zero-order valence-corrected chi connectivity index (χ0v) is 19.6. The number of benzene rings is 2. The van der Waals surface area contributed by atoms with Gasteiger partial charge >= 0.3 is 0 Å². The Kier molecular flexibility index (Phi) is 5.54. The third-order valence-corrected chi connectivity index (χ3v) is 6.66. The van der Waals surface area contributed by atoms with Gasteiger partial charge in [0.05, 0.1) is 0 Å². The maximum atomic E-state index is 5.56. The smallest absolute Gasteiger partial charge is 0.232 e. The molecule has 0 unspecified atom stereocenters. The van der Waals surface area contributed by atoms with Crippen molar-refractivity contribution in [3.63, 3.8) is 0 Å². The van der Waals surface area contributed by atoms with Crippen molar-refractivity contribution in [1.29, 1.82) is 0 Å². The average molecular weight is 475 g/mol. The first-order valence-electron chi connectivity index (χ1n) is 11.6. The molecular weight excluding hydrogens is 448 g/mol. The first-order valence-corrected chi connectivity index (χ1v) is 12.0. The van der Waals surface area contributed by atoms with Crippen molar-refractivity contribution in [1.82, 2.24) is 15.3 Å². The Morgan fingerprint density at radius 2 is 1.59 bits per heavy atom. The van der Waals surface area contributed by atoms with Gasteiger partial charge in [-0.25, -0.2) is 0 Å². The van der Waals surface area contributed by atoms with Crippen molar-refractivity contribution in [2.24, 2.45) is 0 Å². The normalized spacial score (nSPS) is 16.0. The minimum atomic E-state index is 0.265. The Hall–Kier alpha value is -3.59. The summed E-state index contributed by atoms with van der Waals surface area (Å²) in [5.41, 5.74) is 3.74. The van der Waals surface area contributed by atoms with Crippen molar-refractivity contribution in [2.75, 3.05) is 35.0 Å². The van der Waals surface area contributed by atoms with E-state index < -0.39 is 0 Å². The summed E-state index contributed by atoms with van der Waals surface area (Å²) in [6, 6.07) is 16.5. The van der Waals surface area contributed by atoms with E-state index in [0.29, 0.717) is 17.6 Å². The molecule has 1 saturated heterocycles. The molecule has 1 fully saturated rings. The van der Waals surface area contributed by atoms with Crippen LogP contribution in [0, 0.1) is 0 Å². The number of fused-ring (bicyclic) bond motifs is 2. The quantitative estimate of drug-likeness (QED) is 0.537. The van der Waals surface area contributed by atoms with Gasteiger partial charge in [0.15, 0.2) is 16.6 Å². The lowest BCUT2D eigenvalue weighted by Crippen LogP contribution is -2.30. The summed E-state index contributed by atoms with van der Waals surface area (Å²) >= 11 is 5.56. The molecule has 0 spiro atoms. The SMILES string of the molecule is S=C(NCc1ccc2c(c1)OCO2)Nc1nc(N2CCCC2)cc(N2Cc3ccccc3C2)n1. The van der Waals surface area contributed by atoms with Crippen LogP contribution in [0.1, 0.15) is 29.5 Å². The number of aromatic nitrogens is 2. The van der Waals surface area contributed by atoms with Gasteiger partial charge in [-0.1, -0.05) is 30.3 Å². The van der Waals surface area contributed by atoms with Crippen LogP contribution in [-0.4, -0.2) is 35.0 Å². The Balaban J connectivity index is 1.18. The lowest BCUT2D eigenvalue weighted by Gasteiger charge is -2.22. The fraction of sp³-hybridized carbons (Fsp3) is 0.320. The van der Waals surface area contributed by atoms with E-state index in [1.165, 1.54) is 24.0 Å². The number of nitrogens with zero attached hydrogens (tertiary/aromatic N) is 4. The number of ether oxygens (including phenoxy) is 2. The molecule has 1 aromatic heterocycles. The van der Waals surface area contributed by atoms with E-state index in [2.05, 4.69) is 50.8 Å². The average Bonchev–Trinajstić information content (AvgIpc) is 3.62. The third-order valence-electron chi connectivity index (χ3n) is 6.41. The first kappa shape index (κ1) is 21.0. The fourth-order valence-corrected chi connectivity index (χ4v) is 4.79. The molecule has 3 aliphatic rings. The van der Waals surface area contributed by atoms with Gasteiger partial charge in [0, 0.05) is 38.8 Å². The maximum absolute atomic E-state index is 5.56. The molecule has 34 heavy (non-hydrogen) atoms. The predicted molar refractivity (Wildman–Crippen MR) is 135 cm³/mol. The number of hydrogen-bond acceptors (Lipinski definition) is 7. The Bertz CT molecular complexity index is 1200. The van der Waals surface area contributed by atoms with Gasteiger partial charge in [0.25, 0.3) is 0 Å². The fourth-order valence-electron chi connectivity index (χ4n) is 4.62. The van der Waals surface area contributed by atoms with Crippen LogP contribution < -0.4 is 29.9 Å². The first-order chi connectivity index (χ1) is 16.7. The second kappa shape index (κ2) is 8.98. The molecule has 2 aromatic carbocycles. The molecule has 0 bridgehead atoms. The van der Waals surface area contributed by atoms with Gasteiger partial charge < -0.3 is 29.9 Å². The molecule has 0 saturated carbocycles. The Labute approximate surface area is 203 Å². The standard InChI is InChI=1S/C25H26N6O2S/c34-25(26-13-17-7-8-20-21(11-17)33-16-32-20)29-24-27-22(30-9-3-4-10-30)12-23(28-24)31-14-18-5-1-2-6-19(18)15-31/h1-2,5-8,11-12H,3-4,9-10,13-16H2,(H2,26,27,28,29,34). The van der Waals surface area contributed by atoms with Crippen molar-refractivity contribution in [2.45, 2.75) is 32.5 Å². The maximum Gasteiger partial charge on any atom is 0.232 e. The molecule has 0 atom stereocenters. The molecule has 3 aromatic rings. The zero-order chi connectivity index (χ0) is 22.9. The number of rotatable bonds is 5. The van der Waals surface area contributed by atoms with Crippen LogP contribution in [0.3, 0.4) is 0 Å². The van der Waals surface area contributed by atoms with Gasteiger partial charge in [-0.3, -0.25) is 0 Å². The minimum Gasteiger partial charge on any atom is -0.454 e. The van der Waals surface area contributed by atoms with Crippen molar-refractivity contribution >= 4 is 34.9 Å². The summed E-state index contributed by atoms with van der Waals surface area (Å²) in [6.07, 6.45) is 2.37. The summed E-state index contributed by atoms with van der Waals surface area (Å²) in [5, 5.41) is 6.93. The number of anilines is 3. The largest absolute Gasteiger partial charge is 0.454 e. The molecule has 0 aliphatic carbocycles. The number of thiocarbonyl (C=S) groups is 1. The van der Waals surface area contributed by atoms with Crippen LogP contribution in [0.15, 0.2) is 48.5 Å². The summed E-state index contributed by atoms with van der Waals surface area (Å²) in [6.45, 7) is 4.55. The van der Waals surface area contributed by atoms with E-state index in [4.69, 9.17) is 31.7 Å². The summed E-state index contributed by atoms with van der Waals surface area (Å²) in [5.74, 6) is 3.90. The van der Waals surface area contributed by atoms with Gasteiger partial charge in [-0.05, 0) is 53.9 Å². The second-order valence-electron chi connectivity index (χ2n) is 8.72. The molecule has 174 valence electrons. The zero-order valence-electron chi connectivity index (χ0n) is 18.8. The summed E-state index contributed by atoms with van der Waals surface area (Å²) < 4.78 is 10.8. The van der Waals surface area contributed by atoms with Crippen LogP contribution in [0.2, 0.25) is 0 Å². The molecule has 6 rings (SSSR count). The van der Waals surface area contributed by atoms with Gasteiger partial charge in [0.1, 0.15) is 11.6 Å². The number of nitrogens with one attached hydrogen (secondary N) is 2. The molecule has 2 N–H and O–H groups in total. The lowest BCUT2D eigenvalue weighted by atomic mass is 10.1. The van der Waals surface area contributed by atoms with E-state index in [0.717, 1.165) is 54.9 Å². The van der Waals surface area contributed by atoms with Crippen LogP contribution >= 0.6 is 12.2 Å². The van der Waals surface area contributed by atoms with E-state index in [1.807, 2.05) is 18.2 Å². The van der Waals surface area contributed by atoms with Gasteiger partial charge in [-0.15, -0.1) is 0 Å². The summed E-state index contributed by atoms with van der Waals surface area (Å²) in [4.78, 5) is 14.2. The van der Waals surface area contributed by atoms with E-state index >= 15 is 0 Å². The summed E-state index contributed by atoms with van der Waals surface area (Å²) in [7, 11) is 0. The van der Waals surface area contributed by atoms with Crippen molar-refractivity contribution in [3.8, 4) is 11.5 Å². The van der Waals surface area contributed by atoms with Crippen LogP contribution in [0.25, 0.3) is 0 Å². The highest BCUT2D eigenvalue weighted by molar-refractivity contribution is 7.80. The van der Waals surface area contributed by atoms with Gasteiger partial charge in [-0.2, -0.15) is 9.97 Å². The van der Waals surface area contributed by atoms with Crippen LogP contribution in [-0.2, 0) is 19.6 Å². The van der Waals surface area contributed by atoms with E-state index in [-0.39, 0.29) is 6.79 Å². The van der Waals surface area contributed by atoms with Crippen molar-refractivity contribution < 1.29 is 9.47 Å². The molecule has 8 nitrogen and oxygen atoms in total. The van der Waals surface area contributed by atoms with Gasteiger partial charge in [0.2, 0.25) is 12.7 Å². The Morgan fingerprint density at radius 1 is 0.882 bits per heavy atom. The highest BCUT2D eigenvalue weighted by atomic mass is 32.1. The Morgan fingerprint density at radius 3 is 2.35 bits per heavy atom. The highest BCUT2D eigenvalue weighted by Crippen LogP contribution is 2.33. The molecule has 0 radical (unpaired) electrons. The molecule has 0 amide bonds. The monoisotopic (exact) mass is 474 g/mol. The highest BCUT2D eigenvalue weighted by Gasteiger charge is 2.23. The van der Waals surface area contributed by atoms with Crippen LogP contribution in [0.5, 0.6) is 11.5 Å². The molecule has 3 aliphatic heterocycles. The second-order valence-corrected chi connectivity index (χ2v) is 9.13. The van der Waals surface area contributed by atoms with Crippen molar-refractivity contribution in [3.05, 3.63) is 65.2 Å². The van der Waals surface area contributed by atoms with E-state index in [9.17, 15) is 0 Å². The minimum absolute atomic E-state index is 0.265. The lowest BCUT2D eigenvalue weighted by molar-refractivity contribution is 0.174. The van der Waals surface area contributed by atoms with Crippen LogP contribution in [0.4, 0.5) is 17.6 Å². The topological polar surface area (TPSA) is 74.8 Å². The molecule has 9 heteroatoms. The van der Waals surface area contributed by atoms with E-state index in [1.54, 1.807) is 0 Å². The molecular formula is C25H26N6O2S. The number of hydrogen-bond donors (Lipinski definition) is 2.